The summed E-state index contributed by atoms with van der Waals surface area (Å²) in [6.07, 6.45) is -3.66. The van der Waals surface area contributed by atoms with Crippen LogP contribution in [0, 0.1) is 23.1 Å². The summed E-state index contributed by atoms with van der Waals surface area (Å²) in [4.78, 5) is 53.0. The van der Waals surface area contributed by atoms with E-state index in [9.17, 15) is 42.0 Å². The van der Waals surface area contributed by atoms with Crippen molar-refractivity contribution in [3.8, 4) is 11.8 Å². The van der Waals surface area contributed by atoms with Crippen LogP contribution in [0.3, 0.4) is 0 Å². The third-order valence-corrected chi connectivity index (χ3v) is 7.02. The second-order valence-electron chi connectivity index (χ2n) is 9.82. The molecule has 2 N–H and O–H groups in total. The number of carbonyl (C=O) groups is 4. The number of nitriles is 1. The third kappa shape index (κ3) is 5.09. The highest BCUT2D eigenvalue weighted by Crippen LogP contribution is 2.42. The van der Waals surface area contributed by atoms with E-state index in [0.29, 0.717) is 0 Å². The van der Waals surface area contributed by atoms with Gasteiger partial charge in [-0.05, 0) is 31.4 Å². The Morgan fingerprint density at radius 2 is 2.03 bits per heavy atom. The van der Waals surface area contributed by atoms with Gasteiger partial charge in [0, 0.05) is 13.5 Å². The van der Waals surface area contributed by atoms with Crippen LogP contribution in [-0.4, -0.2) is 76.9 Å². The van der Waals surface area contributed by atoms with Gasteiger partial charge < -0.3 is 25.2 Å². The molecule has 0 unspecified atom stereocenters. The Morgan fingerprint density at radius 1 is 1.34 bits per heavy atom. The minimum atomic E-state index is -5.19. The predicted octanol–water partition coefficient (Wildman–Crippen LogP) is 1.71. The Balaban J connectivity index is 1.56. The van der Waals surface area contributed by atoms with Crippen LogP contribution in [0.4, 0.5) is 23.2 Å². The van der Waals surface area contributed by atoms with Gasteiger partial charge in [0.05, 0.1) is 12.6 Å². The van der Waals surface area contributed by atoms with Crippen molar-refractivity contribution in [1.29, 1.82) is 5.26 Å². The molecule has 0 bridgehead atoms. The van der Waals surface area contributed by atoms with E-state index < -0.39 is 59.3 Å². The van der Waals surface area contributed by atoms with E-state index in [0.717, 1.165) is 35.6 Å². The number of benzene rings is 1. The van der Waals surface area contributed by atoms with Crippen LogP contribution in [0.15, 0.2) is 18.2 Å². The Labute approximate surface area is 214 Å². The molecule has 2 aliphatic heterocycles. The number of likely N-dealkylation sites (tertiary alicyclic amines) is 1. The van der Waals surface area contributed by atoms with E-state index in [1.54, 1.807) is 5.32 Å². The average molecular weight is 539 g/mol. The van der Waals surface area contributed by atoms with Gasteiger partial charge in [0.1, 0.15) is 29.6 Å². The molecule has 10 nitrogen and oxygen atoms in total. The molecule has 1 aromatic rings. The first kappa shape index (κ1) is 27.2. The largest absolute Gasteiger partial charge is 0.473 e. The number of alkyl halides is 3. The number of rotatable bonds is 6. The van der Waals surface area contributed by atoms with E-state index in [1.807, 2.05) is 6.07 Å². The quantitative estimate of drug-likeness (QED) is 0.530. The predicted molar refractivity (Wildman–Crippen MR) is 122 cm³/mol. The van der Waals surface area contributed by atoms with Crippen LogP contribution in [0.5, 0.6) is 5.75 Å². The zero-order chi connectivity index (χ0) is 28.0. The first-order valence-electron chi connectivity index (χ1n) is 11.9. The van der Waals surface area contributed by atoms with Crippen LogP contribution in [0.1, 0.15) is 32.6 Å². The summed E-state index contributed by atoms with van der Waals surface area (Å²) in [5, 5.41) is 13.8. The Bertz CT molecular complexity index is 1210. The molecular formula is C24H25F4N5O5. The van der Waals surface area contributed by atoms with Crippen molar-refractivity contribution in [3.05, 3.63) is 24.0 Å². The molecule has 4 rings (SSSR count). The molecular weight excluding hydrogens is 514 g/mol. The minimum Gasteiger partial charge on any atom is -0.473 e. The van der Waals surface area contributed by atoms with E-state index >= 15 is 0 Å². The molecule has 1 saturated carbocycles. The first-order chi connectivity index (χ1) is 17.8. The Hall–Kier alpha value is -3.89. The van der Waals surface area contributed by atoms with Crippen LogP contribution in [0.2, 0.25) is 0 Å². The summed E-state index contributed by atoms with van der Waals surface area (Å²) in [6, 6.07) is 2.04. The molecule has 4 amide bonds. The zero-order valence-electron chi connectivity index (χ0n) is 20.5. The van der Waals surface area contributed by atoms with E-state index in [1.165, 1.54) is 19.2 Å². The number of halogens is 4. The van der Waals surface area contributed by atoms with Gasteiger partial charge in [-0.1, -0.05) is 18.9 Å². The van der Waals surface area contributed by atoms with E-state index in [-0.39, 0.29) is 36.7 Å². The van der Waals surface area contributed by atoms with Gasteiger partial charge >= 0.3 is 12.1 Å². The number of nitrogens with zero attached hydrogens (tertiary/aromatic N) is 3. The summed E-state index contributed by atoms with van der Waals surface area (Å²) < 4.78 is 57.9. The summed E-state index contributed by atoms with van der Waals surface area (Å²) in [7, 11) is 1.24. The van der Waals surface area contributed by atoms with Crippen LogP contribution in [-0.2, 0) is 19.2 Å². The number of amides is 4. The number of carbonyl (C=O) groups excluding carboxylic acids is 4. The standard InChI is InChI=1S/C24H25F4N5O5/c1-12(30-22(37)24(26,27)28)19(34)32(2)16(8-13-6-7-13)20(35)33-11-23(9-14(33)10-29)21(36)31-18-15(25)4-3-5-17(18)38-23/h3-5,12-14,16H,6-9,11H2,1-2H3,(H,30,37)(H,31,36)/t12-,14-,16-,23+/m0/s1. The number of likely N-dealkylation sites (N-methyl/N-ethyl adjacent to an activating group) is 1. The van der Waals surface area contributed by atoms with Crippen molar-refractivity contribution in [3.63, 3.8) is 0 Å². The van der Waals surface area contributed by atoms with Gasteiger partial charge in [-0.25, -0.2) is 4.39 Å². The van der Waals surface area contributed by atoms with E-state index in [2.05, 4.69) is 5.32 Å². The summed E-state index contributed by atoms with van der Waals surface area (Å²) >= 11 is 0. The van der Waals surface area contributed by atoms with Crippen LogP contribution >= 0.6 is 0 Å². The van der Waals surface area contributed by atoms with Gasteiger partial charge in [-0.2, -0.15) is 18.4 Å². The summed E-state index contributed by atoms with van der Waals surface area (Å²) in [6.45, 7) is 0.705. The zero-order valence-corrected chi connectivity index (χ0v) is 20.5. The molecule has 14 heteroatoms. The molecule has 0 aromatic heterocycles. The molecule has 4 atom stereocenters. The number of nitrogens with one attached hydrogen (secondary N) is 2. The summed E-state index contributed by atoms with van der Waals surface area (Å²) in [5.74, 6) is -5.25. The lowest BCUT2D eigenvalue weighted by atomic mass is 9.97. The number of anilines is 1. The minimum absolute atomic E-state index is 0.0339. The van der Waals surface area contributed by atoms with Gasteiger partial charge in [-0.3, -0.25) is 19.2 Å². The fraction of sp³-hybridized carbons (Fsp3) is 0.542. The second kappa shape index (κ2) is 9.77. The molecule has 2 heterocycles. The van der Waals surface area contributed by atoms with Gasteiger partial charge in [-0.15, -0.1) is 0 Å². The fourth-order valence-corrected chi connectivity index (χ4v) is 4.74. The monoisotopic (exact) mass is 539 g/mol. The Morgan fingerprint density at radius 3 is 2.63 bits per heavy atom. The maximum atomic E-state index is 14.1. The lowest BCUT2D eigenvalue weighted by Gasteiger charge is -2.35. The third-order valence-electron chi connectivity index (χ3n) is 7.02. The van der Waals surface area contributed by atoms with Crippen molar-refractivity contribution < 1.29 is 41.5 Å². The number of hydrogen-bond donors (Lipinski definition) is 2. The lowest BCUT2D eigenvalue weighted by molar-refractivity contribution is -0.175. The van der Waals surface area contributed by atoms with E-state index in [4.69, 9.17) is 4.74 Å². The van der Waals surface area contributed by atoms with Crippen molar-refractivity contribution in [2.75, 3.05) is 18.9 Å². The lowest BCUT2D eigenvalue weighted by Crippen LogP contribution is -2.57. The van der Waals surface area contributed by atoms with Crippen LogP contribution in [0.25, 0.3) is 0 Å². The van der Waals surface area contributed by atoms with Gasteiger partial charge in [0.2, 0.25) is 17.4 Å². The van der Waals surface area contributed by atoms with Crippen molar-refractivity contribution >= 4 is 29.3 Å². The molecule has 1 aromatic carbocycles. The molecule has 1 aliphatic carbocycles. The molecule has 3 aliphatic rings. The molecule has 38 heavy (non-hydrogen) atoms. The first-order valence-corrected chi connectivity index (χ1v) is 11.9. The van der Waals surface area contributed by atoms with Crippen molar-refractivity contribution in [1.82, 2.24) is 15.1 Å². The Kier molecular flexibility index (Phi) is 6.98. The number of fused-ring (bicyclic) bond motifs is 1. The topological polar surface area (TPSA) is 132 Å². The number of ether oxygens (including phenoxy) is 1. The maximum Gasteiger partial charge on any atom is 0.471 e. The van der Waals surface area contributed by atoms with Gasteiger partial charge in [0.15, 0.2) is 5.82 Å². The molecule has 0 radical (unpaired) electrons. The SMILES string of the molecule is C[C@H](NC(=O)C(F)(F)F)C(=O)N(C)[C@@H](CC1CC1)C(=O)N1C[C@@]2(C[C@H]1C#N)Oc1cccc(F)c1NC2=O. The molecule has 1 saturated heterocycles. The maximum absolute atomic E-state index is 14.1. The number of para-hydroxylation sites is 1. The highest BCUT2D eigenvalue weighted by atomic mass is 19.4. The van der Waals surface area contributed by atoms with Crippen molar-refractivity contribution in [2.24, 2.45) is 5.92 Å². The highest BCUT2D eigenvalue weighted by Gasteiger charge is 2.57. The smallest absolute Gasteiger partial charge is 0.471 e. The molecule has 204 valence electrons. The number of hydrogen-bond acceptors (Lipinski definition) is 6. The van der Waals surface area contributed by atoms with Gasteiger partial charge in [0.25, 0.3) is 5.91 Å². The second-order valence-corrected chi connectivity index (χ2v) is 9.82. The average Bonchev–Trinajstić information content (AvgIpc) is 3.61. The highest BCUT2D eigenvalue weighted by molar-refractivity contribution is 6.02. The van der Waals surface area contributed by atoms with Crippen LogP contribution < -0.4 is 15.4 Å². The molecule has 2 fully saturated rings. The summed E-state index contributed by atoms with van der Waals surface area (Å²) in [5.41, 5.74) is -1.84. The molecule has 1 spiro atoms. The fourth-order valence-electron chi connectivity index (χ4n) is 4.74. The van der Waals surface area contributed by atoms with Crippen molar-refractivity contribution in [2.45, 2.75) is 62.5 Å². The normalized spacial score (nSPS) is 24.0.